The molecule has 0 aromatic rings. The van der Waals surface area contributed by atoms with Gasteiger partial charge in [0.1, 0.15) is 0 Å². The molecule has 0 aliphatic rings. The maximum atomic E-state index is 9.99. The van der Waals surface area contributed by atoms with Crippen LogP contribution in [0.25, 0.3) is 0 Å². The fourth-order valence-electron chi connectivity index (χ4n) is 0.211. The smallest absolute Gasteiger partial charge is 1.00 e. The third-order valence-corrected chi connectivity index (χ3v) is 2.61. The summed E-state index contributed by atoms with van der Waals surface area (Å²) >= 11 is 5.10. The molecule has 0 bridgehead atoms. The van der Waals surface area contributed by atoms with Crippen molar-refractivity contribution in [3.05, 3.63) is 0 Å². The van der Waals surface area contributed by atoms with Crippen LogP contribution in [0.1, 0.15) is 14.8 Å². The molecular weight excluding hydrogens is 175 g/mol. The van der Waals surface area contributed by atoms with E-state index in [4.69, 9.17) is 16.2 Å². The monoisotopic (exact) mass is 182 g/mol. The molecule has 0 aliphatic carbocycles. The molecule has 1 N–H and O–H groups in total. The molecule has 0 aliphatic heterocycles. The van der Waals surface area contributed by atoms with Crippen molar-refractivity contribution in [3.63, 3.8) is 0 Å². The molecule has 6 heteroatoms. The van der Waals surface area contributed by atoms with E-state index < -0.39 is 14.8 Å². The Morgan fingerprint density at radius 3 is 2.11 bits per heavy atom. The number of hydrogen-bond donors (Lipinski definition) is 1. The van der Waals surface area contributed by atoms with Crippen molar-refractivity contribution in [2.45, 2.75) is 18.1 Å². The Kier molecular flexibility index (Phi) is 7.04. The number of hydrogen-bond acceptors (Lipinski definition) is 2. The van der Waals surface area contributed by atoms with E-state index in [9.17, 15) is 8.42 Å². The van der Waals surface area contributed by atoms with E-state index in [2.05, 4.69) is 0 Å². The summed E-state index contributed by atoms with van der Waals surface area (Å²) in [6, 6.07) is 0. The molecule has 1 atom stereocenters. The van der Waals surface area contributed by atoms with Crippen LogP contribution in [0.15, 0.2) is 0 Å². The largest absolute Gasteiger partial charge is 1.00 e. The Morgan fingerprint density at radius 1 is 1.78 bits per heavy atom. The second kappa shape index (κ2) is 4.93. The molecule has 0 aromatic heterocycles. The zero-order chi connectivity index (χ0) is 6.78. The van der Waals surface area contributed by atoms with Crippen LogP contribution in [0.3, 0.4) is 0 Å². The Morgan fingerprint density at radius 2 is 2.11 bits per heavy atom. The summed E-state index contributed by atoms with van der Waals surface area (Å²) in [5.41, 5.74) is 0. The molecule has 0 spiro atoms. The Bertz CT molecular complexity index is 159. The summed E-state index contributed by atoms with van der Waals surface area (Å²) in [5, 5.41) is 0. The molecule has 0 amide bonds. The summed E-state index contributed by atoms with van der Waals surface area (Å²) in [6.07, 6.45) is 0.223. The first-order valence-corrected chi connectivity index (χ1v) is 4.02. The summed E-state index contributed by atoms with van der Waals surface area (Å²) < 4.78 is 26.9. The van der Waals surface area contributed by atoms with Crippen molar-refractivity contribution in [1.82, 2.24) is 0 Å². The average molecular weight is 183 g/mol. The van der Waals surface area contributed by atoms with Gasteiger partial charge in [0.25, 0.3) is 10.1 Å². The van der Waals surface area contributed by atoms with Crippen LogP contribution < -0.4 is 29.6 Å². The van der Waals surface area contributed by atoms with Gasteiger partial charge in [-0.3, -0.25) is 4.55 Å². The molecule has 52 valence electrons. The van der Waals surface area contributed by atoms with Crippen LogP contribution >= 0.6 is 11.6 Å². The van der Waals surface area contributed by atoms with Gasteiger partial charge in [-0.05, 0) is 6.42 Å². The first kappa shape index (κ1) is 12.8. The second-order valence-electron chi connectivity index (χ2n) is 1.33. The van der Waals surface area contributed by atoms with Crippen molar-refractivity contribution in [2.75, 3.05) is 0 Å². The minimum absolute atomic E-state index is 0. The fraction of sp³-hybridized carbons (Fsp3) is 1.00. The number of alkyl halides is 1. The van der Waals surface area contributed by atoms with Gasteiger partial charge in [-0.15, -0.1) is 11.6 Å². The van der Waals surface area contributed by atoms with Crippen molar-refractivity contribution in [1.29, 1.82) is 0 Å². The van der Waals surface area contributed by atoms with E-state index in [0.29, 0.717) is 0 Å². The first-order chi connectivity index (χ1) is 3.48. The minimum Gasteiger partial charge on any atom is -1.00 e. The van der Waals surface area contributed by atoms with Crippen LogP contribution in [0.2, 0.25) is 0 Å². The van der Waals surface area contributed by atoms with E-state index >= 15 is 0 Å². The van der Waals surface area contributed by atoms with E-state index in [1.807, 2.05) is 0 Å². The van der Waals surface area contributed by atoms with Gasteiger partial charge < -0.3 is 1.43 Å². The average Bonchev–Trinajstić information content (AvgIpc) is 1.62. The summed E-state index contributed by atoms with van der Waals surface area (Å²) in [4.78, 5) is 0. The summed E-state index contributed by atoms with van der Waals surface area (Å²) in [5.74, 6) is 0. The van der Waals surface area contributed by atoms with Crippen LogP contribution in [0, 0.1) is 0 Å². The predicted octanol–water partition coefficient (Wildman–Crippen LogP) is -2.03. The predicted molar refractivity (Wildman–Crippen MR) is 32.6 cm³/mol. The molecule has 0 rings (SSSR count). The Labute approximate surface area is 83.3 Å². The van der Waals surface area contributed by atoms with Crippen molar-refractivity contribution in [3.8, 4) is 0 Å². The van der Waals surface area contributed by atoms with Gasteiger partial charge in [-0.25, -0.2) is 0 Å². The SMILES string of the molecule is CCC(Cl)S(=O)(=O)O.[H-].[Na+]. The minimum atomic E-state index is -3.99. The van der Waals surface area contributed by atoms with Gasteiger partial charge in [0, 0.05) is 0 Å². The molecule has 3 nitrogen and oxygen atoms in total. The summed E-state index contributed by atoms with van der Waals surface area (Å²) in [7, 11) is -3.99. The molecule has 0 heterocycles. The van der Waals surface area contributed by atoms with E-state index in [1.54, 1.807) is 6.92 Å². The molecule has 0 saturated carbocycles. The zero-order valence-corrected chi connectivity index (χ0v) is 8.91. The molecule has 1 unspecified atom stereocenters. The van der Waals surface area contributed by atoms with Crippen LogP contribution in [-0.2, 0) is 10.1 Å². The number of halogens is 1. The summed E-state index contributed by atoms with van der Waals surface area (Å²) in [6.45, 7) is 1.57. The molecule has 9 heavy (non-hydrogen) atoms. The molecule has 0 aromatic carbocycles. The van der Waals surface area contributed by atoms with Crippen molar-refractivity contribution in [2.24, 2.45) is 0 Å². The van der Waals surface area contributed by atoms with Gasteiger partial charge >= 0.3 is 29.6 Å². The maximum absolute atomic E-state index is 9.99. The van der Waals surface area contributed by atoms with Crippen LogP contribution in [0.5, 0.6) is 0 Å². The maximum Gasteiger partial charge on any atom is 1.00 e. The molecular formula is C3H8ClNaO3S. The van der Waals surface area contributed by atoms with Crippen molar-refractivity contribution >= 4 is 21.7 Å². The van der Waals surface area contributed by atoms with Crippen molar-refractivity contribution < 1.29 is 44.0 Å². The fourth-order valence-corrected chi connectivity index (χ4v) is 0.632. The van der Waals surface area contributed by atoms with Crippen LogP contribution in [0.4, 0.5) is 0 Å². The topological polar surface area (TPSA) is 54.4 Å². The molecule has 0 fully saturated rings. The third-order valence-electron chi connectivity index (χ3n) is 0.644. The second-order valence-corrected chi connectivity index (χ2v) is 3.72. The normalized spacial score (nSPS) is 14.1. The quantitative estimate of drug-likeness (QED) is 0.304. The van der Waals surface area contributed by atoms with Gasteiger partial charge in [-0.1, -0.05) is 6.92 Å². The zero-order valence-electron chi connectivity index (χ0n) is 6.33. The standard InChI is InChI=1S/C3H7ClO3S.Na.H/c1-2-3(4)8(5,6)7;;/h3H,2H2,1H3,(H,5,6,7);;/q;+1;-1. The van der Waals surface area contributed by atoms with E-state index in [1.165, 1.54) is 0 Å². The number of rotatable bonds is 2. The molecule has 0 saturated heterocycles. The van der Waals surface area contributed by atoms with Gasteiger partial charge in [0.15, 0.2) is 4.71 Å². The Hall–Kier alpha value is 1.20. The van der Waals surface area contributed by atoms with Crippen LogP contribution in [-0.4, -0.2) is 17.7 Å². The van der Waals surface area contributed by atoms with Gasteiger partial charge in [-0.2, -0.15) is 8.42 Å². The van der Waals surface area contributed by atoms with E-state index in [-0.39, 0.29) is 37.4 Å². The molecule has 0 radical (unpaired) electrons. The Balaban J connectivity index is -0.000000245. The first-order valence-electron chi connectivity index (χ1n) is 2.09. The van der Waals surface area contributed by atoms with E-state index in [0.717, 1.165) is 0 Å². The van der Waals surface area contributed by atoms with Gasteiger partial charge in [0.2, 0.25) is 0 Å². The van der Waals surface area contributed by atoms with Gasteiger partial charge in [0.05, 0.1) is 0 Å². The third kappa shape index (κ3) is 5.63.